The van der Waals surface area contributed by atoms with Crippen molar-refractivity contribution in [1.82, 2.24) is 14.4 Å². The van der Waals surface area contributed by atoms with Crippen molar-refractivity contribution in [2.45, 2.75) is 13.8 Å². The van der Waals surface area contributed by atoms with Gasteiger partial charge in [-0.3, -0.25) is 19.4 Å². The number of carbonyl (C=O) groups is 3. The van der Waals surface area contributed by atoms with Gasteiger partial charge in [0, 0.05) is 30.7 Å². The van der Waals surface area contributed by atoms with Crippen molar-refractivity contribution in [3.8, 4) is 5.69 Å². The monoisotopic (exact) mass is 396 g/mol. The van der Waals surface area contributed by atoms with Crippen molar-refractivity contribution in [2.24, 2.45) is 0 Å². The molecule has 2 heterocycles. The maximum atomic E-state index is 12.8. The van der Waals surface area contributed by atoms with Crippen LogP contribution in [0.25, 0.3) is 11.8 Å². The smallest absolute Gasteiger partial charge is 0.265 e. The maximum absolute atomic E-state index is 12.8. The van der Waals surface area contributed by atoms with E-state index in [0.717, 1.165) is 0 Å². The lowest BCUT2D eigenvalue weighted by molar-refractivity contribution is -0.255. The number of carboxylic acid groups (broad SMARTS) is 1. The first-order chi connectivity index (χ1) is 13.4. The van der Waals surface area contributed by atoms with Gasteiger partial charge < -0.3 is 14.5 Å². The number of aromatic carboxylic acids is 1. The van der Waals surface area contributed by atoms with Crippen molar-refractivity contribution < 1.29 is 19.5 Å². The predicted molar refractivity (Wildman–Crippen MR) is 105 cm³/mol. The van der Waals surface area contributed by atoms with Crippen molar-refractivity contribution in [2.75, 3.05) is 13.1 Å². The van der Waals surface area contributed by atoms with E-state index in [1.54, 1.807) is 48.9 Å². The SMILES string of the molecule is CCN1C(=O)C(=Cc2cccn2-c2cccc(C(=O)[O-])c2)C(=O)N(CC)C1=S. The molecule has 144 valence electrons. The zero-order valence-corrected chi connectivity index (χ0v) is 16.2. The van der Waals surface area contributed by atoms with Crippen LogP contribution >= 0.6 is 12.2 Å². The topological polar surface area (TPSA) is 85.7 Å². The molecule has 0 N–H and O–H groups in total. The third-order valence-electron chi connectivity index (χ3n) is 4.48. The highest BCUT2D eigenvalue weighted by Crippen LogP contribution is 2.22. The number of rotatable bonds is 5. The maximum Gasteiger partial charge on any atom is 0.265 e. The molecule has 0 spiro atoms. The Kier molecular flexibility index (Phi) is 5.41. The van der Waals surface area contributed by atoms with Gasteiger partial charge in [0.25, 0.3) is 11.8 Å². The number of aromatic nitrogens is 1. The van der Waals surface area contributed by atoms with E-state index in [1.807, 2.05) is 0 Å². The first-order valence-electron chi connectivity index (χ1n) is 8.77. The molecule has 3 rings (SSSR count). The van der Waals surface area contributed by atoms with Gasteiger partial charge in [0.05, 0.1) is 5.97 Å². The Morgan fingerprint density at radius 3 is 2.29 bits per heavy atom. The van der Waals surface area contributed by atoms with E-state index in [4.69, 9.17) is 12.2 Å². The Labute approximate surface area is 167 Å². The summed E-state index contributed by atoms with van der Waals surface area (Å²) in [5, 5.41) is 11.3. The van der Waals surface area contributed by atoms with Crippen LogP contribution < -0.4 is 5.11 Å². The minimum atomic E-state index is -1.28. The van der Waals surface area contributed by atoms with Gasteiger partial charge in [0.15, 0.2) is 5.11 Å². The minimum Gasteiger partial charge on any atom is -0.545 e. The molecule has 1 fully saturated rings. The number of carboxylic acids is 1. The van der Waals surface area contributed by atoms with Crippen LogP contribution in [0.4, 0.5) is 0 Å². The summed E-state index contributed by atoms with van der Waals surface area (Å²) < 4.78 is 1.69. The lowest BCUT2D eigenvalue weighted by Gasteiger charge is -2.35. The summed E-state index contributed by atoms with van der Waals surface area (Å²) in [6.07, 6.45) is 3.22. The molecule has 0 radical (unpaired) electrons. The second-order valence-electron chi connectivity index (χ2n) is 6.08. The number of carbonyl (C=O) groups excluding carboxylic acids is 3. The standard InChI is InChI=1S/C20H19N3O4S/c1-3-21-17(24)16(18(25)22(4-2)20(21)28)12-15-9-6-10-23(15)14-8-5-7-13(11-14)19(26)27/h5-12H,3-4H2,1-2H3,(H,26,27)/p-1. The Balaban J connectivity index is 2.07. The second kappa shape index (κ2) is 7.77. The van der Waals surface area contributed by atoms with E-state index < -0.39 is 17.8 Å². The molecule has 0 aliphatic carbocycles. The lowest BCUT2D eigenvalue weighted by atomic mass is 10.1. The molecule has 1 aliphatic rings. The molecular weight excluding hydrogens is 378 g/mol. The summed E-state index contributed by atoms with van der Waals surface area (Å²) in [4.78, 5) is 39.5. The van der Waals surface area contributed by atoms with Gasteiger partial charge in [0.1, 0.15) is 5.57 Å². The lowest BCUT2D eigenvalue weighted by Crippen LogP contribution is -2.55. The summed E-state index contributed by atoms with van der Waals surface area (Å²) in [6, 6.07) is 9.71. The van der Waals surface area contributed by atoms with Crippen LogP contribution in [-0.4, -0.2) is 50.4 Å². The fourth-order valence-electron chi connectivity index (χ4n) is 3.06. The molecule has 1 aromatic carbocycles. The number of benzene rings is 1. The third kappa shape index (κ3) is 3.34. The van der Waals surface area contributed by atoms with Crippen LogP contribution in [0.5, 0.6) is 0 Å². The summed E-state index contributed by atoms with van der Waals surface area (Å²) in [5.74, 6) is -2.17. The average Bonchev–Trinajstić information content (AvgIpc) is 3.14. The van der Waals surface area contributed by atoms with Crippen LogP contribution in [0.1, 0.15) is 29.9 Å². The second-order valence-corrected chi connectivity index (χ2v) is 6.45. The Morgan fingerprint density at radius 2 is 1.71 bits per heavy atom. The number of thiocarbonyl (C=S) groups is 1. The van der Waals surface area contributed by atoms with E-state index in [1.165, 1.54) is 28.0 Å². The van der Waals surface area contributed by atoms with Crippen molar-refractivity contribution >= 4 is 41.2 Å². The Hall–Kier alpha value is -3.26. The van der Waals surface area contributed by atoms with Crippen molar-refractivity contribution in [1.29, 1.82) is 0 Å². The van der Waals surface area contributed by atoms with Crippen LogP contribution in [0.3, 0.4) is 0 Å². The quantitative estimate of drug-likeness (QED) is 0.431. The van der Waals surface area contributed by atoms with Gasteiger partial charge in [-0.1, -0.05) is 12.1 Å². The largest absolute Gasteiger partial charge is 0.545 e. The zero-order chi connectivity index (χ0) is 20.4. The molecule has 2 amide bonds. The van der Waals surface area contributed by atoms with E-state index in [2.05, 4.69) is 0 Å². The highest BCUT2D eigenvalue weighted by molar-refractivity contribution is 7.80. The molecule has 2 aromatic rings. The van der Waals surface area contributed by atoms with Crippen molar-refractivity contribution in [3.63, 3.8) is 0 Å². The van der Waals surface area contributed by atoms with Gasteiger partial charge in [-0.15, -0.1) is 0 Å². The first-order valence-corrected chi connectivity index (χ1v) is 9.18. The van der Waals surface area contributed by atoms with E-state index in [9.17, 15) is 19.5 Å². The molecule has 1 aromatic heterocycles. The summed E-state index contributed by atoms with van der Waals surface area (Å²) in [6.45, 7) is 4.29. The molecular formula is C20H18N3O4S-. The molecule has 7 nitrogen and oxygen atoms in total. The van der Waals surface area contributed by atoms with Gasteiger partial charge in [0.2, 0.25) is 0 Å². The molecule has 0 saturated carbocycles. The summed E-state index contributed by atoms with van der Waals surface area (Å²) in [5.41, 5.74) is 1.18. The molecule has 1 aliphatic heterocycles. The minimum absolute atomic E-state index is 0.00769. The van der Waals surface area contributed by atoms with Gasteiger partial charge in [-0.05, 0) is 62.0 Å². The van der Waals surface area contributed by atoms with E-state index in [0.29, 0.717) is 24.5 Å². The molecule has 0 atom stereocenters. The van der Waals surface area contributed by atoms with Crippen LogP contribution in [0.2, 0.25) is 0 Å². The number of nitrogens with zero attached hydrogens (tertiary/aromatic N) is 3. The Morgan fingerprint density at radius 1 is 1.07 bits per heavy atom. The molecule has 28 heavy (non-hydrogen) atoms. The van der Waals surface area contributed by atoms with E-state index >= 15 is 0 Å². The molecule has 0 unspecified atom stereocenters. The van der Waals surface area contributed by atoms with Gasteiger partial charge in [-0.2, -0.15) is 0 Å². The summed E-state index contributed by atoms with van der Waals surface area (Å²) >= 11 is 5.26. The normalized spacial score (nSPS) is 14.6. The highest BCUT2D eigenvalue weighted by Gasteiger charge is 2.37. The molecule has 1 saturated heterocycles. The zero-order valence-electron chi connectivity index (χ0n) is 15.4. The third-order valence-corrected chi connectivity index (χ3v) is 4.92. The van der Waals surface area contributed by atoms with Crippen LogP contribution in [-0.2, 0) is 9.59 Å². The summed E-state index contributed by atoms with van der Waals surface area (Å²) in [7, 11) is 0. The fraction of sp³-hybridized carbons (Fsp3) is 0.200. The average molecular weight is 396 g/mol. The number of hydrogen-bond acceptors (Lipinski definition) is 5. The van der Waals surface area contributed by atoms with Crippen LogP contribution in [0, 0.1) is 0 Å². The van der Waals surface area contributed by atoms with Gasteiger partial charge in [-0.25, -0.2) is 0 Å². The van der Waals surface area contributed by atoms with Crippen molar-refractivity contribution in [3.05, 3.63) is 59.4 Å². The number of hydrogen-bond donors (Lipinski definition) is 0. The molecule has 0 bridgehead atoms. The van der Waals surface area contributed by atoms with Gasteiger partial charge >= 0.3 is 0 Å². The Bertz CT molecular complexity index is 980. The highest BCUT2D eigenvalue weighted by atomic mass is 32.1. The number of likely N-dealkylation sites (N-methyl/N-ethyl adjacent to an activating group) is 2. The van der Waals surface area contributed by atoms with Crippen LogP contribution in [0.15, 0.2) is 48.2 Å². The predicted octanol–water partition coefficient (Wildman–Crippen LogP) is 1.22. The van der Waals surface area contributed by atoms with E-state index in [-0.39, 0.29) is 16.2 Å². The first kappa shape index (κ1) is 19.5. The number of amides is 2. The molecule has 8 heteroatoms. The fourth-order valence-corrected chi connectivity index (χ4v) is 3.48.